The van der Waals surface area contributed by atoms with Gasteiger partial charge in [0.15, 0.2) is 0 Å². The lowest BCUT2D eigenvalue weighted by Crippen LogP contribution is -2.41. The molecule has 1 aromatic carbocycles. The summed E-state index contributed by atoms with van der Waals surface area (Å²) in [5.74, 6) is -1.46. The molecule has 6 nitrogen and oxygen atoms in total. The summed E-state index contributed by atoms with van der Waals surface area (Å²) in [5.41, 5.74) is 0. The van der Waals surface area contributed by atoms with Crippen LogP contribution in [0.3, 0.4) is 0 Å². The van der Waals surface area contributed by atoms with Gasteiger partial charge in [-0.15, -0.1) is 5.10 Å². The van der Waals surface area contributed by atoms with Crippen molar-refractivity contribution in [2.24, 2.45) is 0 Å². The van der Waals surface area contributed by atoms with Crippen molar-refractivity contribution in [3.63, 3.8) is 0 Å². The molecule has 9 heteroatoms. The second-order valence-electron chi connectivity index (χ2n) is 5.39. The standard InChI is InChI=1S/C15H15F2N3O3S/c16-11-8-12(17)10-14(9-11)24(21,22)20-6-3-13(4-7-20)23-15-2-1-5-18-19-15/h1-2,5,8-10,13H,3-4,6-7H2. The van der Waals surface area contributed by atoms with Crippen LogP contribution in [-0.2, 0) is 10.0 Å². The van der Waals surface area contributed by atoms with Crippen LogP contribution >= 0.6 is 0 Å². The number of sulfonamides is 1. The van der Waals surface area contributed by atoms with Crippen molar-refractivity contribution in [3.05, 3.63) is 48.2 Å². The second-order valence-corrected chi connectivity index (χ2v) is 7.33. The molecule has 1 saturated heterocycles. The average Bonchev–Trinajstić information content (AvgIpc) is 2.55. The Hall–Kier alpha value is -2.13. The lowest BCUT2D eigenvalue weighted by atomic mass is 10.1. The Kier molecular flexibility index (Phi) is 4.72. The van der Waals surface area contributed by atoms with Crippen LogP contribution < -0.4 is 4.74 Å². The van der Waals surface area contributed by atoms with Crippen LogP contribution in [-0.4, -0.2) is 42.1 Å². The van der Waals surface area contributed by atoms with Gasteiger partial charge in [0.25, 0.3) is 0 Å². The molecular weight excluding hydrogens is 340 g/mol. The number of benzene rings is 1. The van der Waals surface area contributed by atoms with Gasteiger partial charge in [-0.3, -0.25) is 0 Å². The zero-order valence-electron chi connectivity index (χ0n) is 12.6. The third kappa shape index (κ3) is 3.68. The molecule has 2 heterocycles. The summed E-state index contributed by atoms with van der Waals surface area (Å²) in [4.78, 5) is -0.381. The average molecular weight is 355 g/mol. The fourth-order valence-corrected chi connectivity index (χ4v) is 4.05. The molecule has 0 amide bonds. The Morgan fingerprint density at radius 2 is 1.79 bits per heavy atom. The Morgan fingerprint density at radius 1 is 1.12 bits per heavy atom. The number of hydrogen-bond acceptors (Lipinski definition) is 5. The molecule has 128 valence electrons. The van der Waals surface area contributed by atoms with E-state index in [0.29, 0.717) is 24.8 Å². The third-order valence-electron chi connectivity index (χ3n) is 3.71. The van der Waals surface area contributed by atoms with E-state index in [9.17, 15) is 17.2 Å². The van der Waals surface area contributed by atoms with Gasteiger partial charge in [-0.25, -0.2) is 17.2 Å². The number of hydrogen-bond donors (Lipinski definition) is 0. The van der Waals surface area contributed by atoms with Crippen molar-refractivity contribution >= 4 is 10.0 Å². The van der Waals surface area contributed by atoms with Crippen molar-refractivity contribution in [2.45, 2.75) is 23.8 Å². The molecule has 3 rings (SSSR count). The lowest BCUT2D eigenvalue weighted by molar-refractivity contribution is 0.128. The fraction of sp³-hybridized carbons (Fsp3) is 0.333. The van der Waals surface area contributed by atoms with Gasteiger partial charge in [0.05, 0.1) is 4.90 Å². The maximum Gasteiger partial charge on any atom is 0.243 e. The summed E-state index contributed by atoms with van der Waals surface area (Å²) in [5, 5.41) is 7.53. The topological polar surface area (TPSA) is 72.4 Å². The summed E-state index contributed by atoms with van der Waals surface area (Å²) in [6.45, 7) is 0.400. The fourth-order valence-electron chi connectivity index (χ4n) is 2.54. The predicted molar refractivity (Wildman–Crippen MR) is 80.8 cm³/mol. The summed E-state index contributed by atoms with van der Waals surface area (Å²) in [6.07, 6.45) is 2.25. The molecule has 1 aliphatic heterocycles. The maximum absolute atomic E-state index is 13.3. The van der Waals surface area contributed by atoms with E-state index in [2.05, 4.69) is 10.2 Å². The van der Waals surface area contributed by atoms with Crippen molar-refractivity contribution in [1.82, 2.24) is 14.5 Å². The van der Waals surface area contributed by atoms with E-state index in [1.54, 1.807) is 12.1 Å². The van der Waals surface area contributed by atoms with E-state index < -0.39 is 21.7 Å². The normalized spacial score (nSPS) is 16.9. The van der Waals surface area contributed by atoms with Crippen LogP contribution in [0.25, 0.3) is 0 Å². The first-order valence-electron chi connectivity index (χ1n) is 7.36. The molecule has 0 aliphatic carbocycles. The Labute approximate surface area is 138 Å². The van der Waals surface area contributed by atoms with Crippen LogP contribution in [0.5, 0.6) is 5.88 Å². The van der Waals surface area contributed by atoms with Gasteiger partial charge >= 0.3 is 0 Å². The number of aromatic nitrogens is 2. The highest BCUT2D eigenvalue weighted by Crippen LogP contribution is 2.24. The van der Waals surface area contributed by atoms with Crippen LogP contribution in [0.15, 0.2) is 41.4 Å². The first-order valence-corrected chi connectivity index (χ1v) is 8.80. The lowest BCUT2D eigenvalue weighted by Gasteiger charge is -2.31. The maximum atomic E-state index is 13.3. The molecule has 1 fully saturated rings. The molecule has 0 radical (unpaired) electrons. The highest BCUT2D eigenvalue weighted by Gasteiger charge is 2.31. The highest BCUT2D eigenvalue weighted by atomic mass is 32.2. The zero-order valence-corrected chi connectivity index (χ0v) is 13.4. The van der Waals surface area contributed by atoms with Crippen molar-refractivity contribution in [3.8, 4) is 5.88 Å². The van der Waals surface area contributed by atoms with Gasteiger partial charge in [0.2, 0.25) is 15.9 Å². The molecule has 0 bridgehead atoms. The second kappa shape index (κ2) is 6.78. The molecule has 0 spiro atoms. The molecule has 0 saturated carbocycles. The molecule has 1 aliphatic rings. The number of rotatable bonds is 4. The summed E-state index contributed by atoms with van der Waals surface area (Å²) in [6, 6.07) is 5.65. The van der Waals surface area contributed by atoms with Gasteiger partial charge in [-0.2, -0.15) is 9.40 Å². The van der Waals surface area contributed by atoms with Crippen molar-refractivity contribution < 1.29 is 21.9 Å². The quantitative estimate of drug-likeness (QED) is 0.839. The Balaban J connectivity index is 1.67. The Morgan fingerprint density at radius 3 is 2.38 bits per heavy atom. The van der Waals surface area contributed by atoms with Gasteiger partial charge in [-0.05, 0) is 31.0 Å². The molecule has 0 unspecified atom stereocenters. The smallest absolute Gasteiger partial charge is 0.243 e. The summed E-state index contributed by atoms with van der Waals surface area (Å²) >= 11 is 0. The van der Waals surface area contributed by atoms with Gasteiger partial charge in [0, 0.05) is 31.4 Å². The monoisotopic (exact) mass is 355 g/mol. The molecule has 1 aromatic heterocycles. The number of nitrogens with zero attached hydrogens (tertiary/aromatic N) is 3. The number of piperidine rings is 1. The van der Waals surface area contributed by atoms with E-state index in [0.717, 1.165) is 12.1 Å². The van der Waals surface area contributed by atoms with Gasteiger partial charge in [-0.1, -0.05) is 0 Å². The molecule has 24 heavy (non-hydrogen) atoms. The largest absolute Gasteiger partial charge is 0.473 e. The van der Waals surface area contributed by atoms with E-state index >= 15 is 0 Å². The van der Waals surface area contributed by atoms with E-state index in [-0.39, 0.29) is 24.1 Å². The molecule has 2 aromatic rings. The minimum Gasteiger partial charge on any atom is -0.473 e. The van der Waals surface area contributed by atoms with Gasteiger partial charge < -0.3 is 4.74 Å². The van der Waals surface area contributed by atoms with Crippen LogP contribution in [0.2, 0.25) is 0 Å². The zero-order chi connectivity index (χ0) is 17.2. The van der Waals surface area contributed by atoms with Crippen LogP contribution in [0.4, 0.5) is 8.78 Å². The van der Waals surface area contributed by atoms with E-state index in [4.69, 9.17) is 4.74 Å². The molecule has 0 atom stereocenters. The number of ether oxygens (including phenoxy) is 1. The van der Waals surface area contributed by atoms with Crippen LogP contribution in [0, 0.1) is 11.6 Å². The van der Waals surface area contributed by atoms with E-state index in [1.807, 2.05) is 0 Å². The predicted octanol–water partition coefficient (Wildman–Crippen LogP) is 1.99. The third-order valence-corrected chi connectivity index (χ3v) is 5.59. The first kappa shape index (κ1) is 16.7. The molecule has 0 N–H and O–H groups in total. The van der Waals surface area contributed by atoms with Crippen LogP contribution in [0.1, 0.15) is 12.8 Å². The van der Waals surface area contributed by atoms with Gasteiger partial charge in [0.1, 0.15) is 17.7 Å². The minimum atomic E-state index is -3.93. The first-order chi connectivity index (χ1) is 11.4. The number of halogens is 2. The molecular formula is C15H15F2N3O3S. The minimum absolute atomic E-state index is 0.183. The Bertz CT molecular complexity index is 790. The van der Waals surface area contributed by atoms with Crippen molar-refractivity contribution in [1.29, 1.82) is 0 Å². The summed E-state index contributed by atoms with van der Waals surface area (Å²) < 4.78 is 58.4. The SMILES string of the molecule is O=S(=O)(c1cc(F)cc(F)c1)N1CCC(Oc2cccnn2)CC1. The summed E-state index contributed by atoms with van der Waals surface area (Å²) in [7, 11) is -3.93. The highest BCUT2D eigenvalue weighted by molar-refractivity contribution is 7.89. The van der Waals surface area contributed by atoms with Crippen molar-refractivity contribution in [2.75, 3.05) is 13.1 Å². The van der Waals surface area contributed by atoms with E-state index in [1.165, 1.54) is 10.5 Å².